The number of carbonyl (C=O) groups excluding carboxylic acids is 1. The van der Waals surface area contributed by atoms with Crippen molar-refractivity contribution >= 4 is 27.8 Å². The molecule has 5 heteroatoms. The van der Waals surface area contributed by atoms with Crippen molar-refractivity contribution in [2.24, 2.45) is 5.92 Å². The van der Waals surface area contributed by atoms with Crippen LogP contribution in [0.5, 0.6) is 0 Å². The van der Waals surface area contributed by atoms with Crippen LogP contribution < -0.4 is 0 Å². The standard InChI is InChI=1S/C14H16BrNO3/c1-2-9-5-13(17)16(7-9)8-11-4-3-10(14(18)19)6-12(11)15/h3-4,6,9H,2,5,7-8H2,1H3,(H,18,19). The molecule has 19 heavy (non-hydrogen) atoms. The Morgan fingerprint density at radius 3 is 2.79 bits per heavy atom. The van der Waals surface area contributed by atoms with Crippen LogP contribution in [0.1, 0.15) is 35.7 Å². The van der Waals surface area contributed by atoms with Gasteiger partial charge in [0.05, 0.1) is 5.56 Å². The highest BCUT2D eigenvalue weighted by Crippen LogP contribution is 2.26. The van der Waals surface area contributed by atoms with Crippen molar-refractivity contribution in [3.05, 3.63) is 33.8 Å². The van der Waals surface area contributed by atoms with Gasteiger partial charge in [0.15, 0.2) is 0 Å². The molecule has 2 rings (SSSR count). The fourth-order valence-corrected chi connectivity index (χ4v) is 2.80. The first kappa shape index (κ1) is 14.1. The summed E-state index contributed by atoms with van der Waals surface area (Å²) >= 11 is 3.37. The molecule has 0 spiro atoms. The van der Waals surface area contributed by atoms with E-state index in [2.05, 4.69) is 22.9 Å². The van der Waals surface area contributed by atoms with Gasteiger partial charge in [-0.05, 0) is 23.6 Å². The van der Waals surface area contributed by atoms with Crippen LogP contribution in [0.3, 0.4) is 0 Å². The number of benzene rings is 1. The number of carbonyl (C=O) groups is 2. The highest BCUT2D eigenvalue weighted by molar-refractivity contribution is 9.10. The van der Waals surface area contributed by atoms with Gasteiger partial charge in [0, 0.05) is 24.0 Å². The number of carboxylic acid groups (broad SMARTS) is 1. The van der Waals surface area contributed by atoms with Crippen molar-refractivity contribution in [2.75, 3.05) is 6.54 Å². The second kappa shape index (κ2) is 5.74. The van der Waals surface area contributed by atoms with E-state index in [1.54, 1.807) is 18.2 Å². The molecule has 1 aliphatic heterocycles. The number of amides is 1. The third-order valence-electron chi connectivity index (χ3n) is 3.53. The maximum atomic E-state index is 11.9. The summed E-state index contributed by atoms with van der Waals surface area (Å²) in [6.07, 6.45) is 1.64. The van der Waals surface area contributed by atoms with Crippen molar-refractivity contribution in [3.8, 4) is 0 Å². The molecule has 4 nitrogen and oxygen atoms in total. The van der Waals surface area contributed by atoms with E-state index in [1.165, 1.54) is 0 Å². The highest BCUT2D eigenvalue weighted by atomic mass is 79.9. The van der Waals surface area contributed by atoms with Gasteiger partial charge < -0.3 is 10.0 Å². The fourth-order valence-electron chi connectivity index (χ4n) is 2.29. The van der Waals surface area contributed by atoms with Crippen LogP contribution in [0.4, 0.5) is 0 Å². The topological polar surface area (TPSA) is 57.6 Å². The maximum absolute atomic E-state index is 11.9. The summed E-state index contributed by atoms with van der Waals surface area (Å²) < 4.78 is 0.736. The first-order valence-corrected chi connectivity index (χ1v) is 7.10. The summed E-state index contributed by atoms with van der Waals surface area (Å²) in [4.78, 5) is 24.6. The van der Waals surface area contributed by atoms with Gasteiger partial charge in [0.2, 0.25) is 5.91 Å². The molecule has 102 valence electrons. The molecular formula is C14H16BrNO3. The largest absolute Gasteiger partial charge is 0.478 e. The van der Waals surface area contributed by atoms with Crippen LogP contribution in [0.25, 0.3) is 0 Å². The van der Waals surface area contributed by atoms with Gasteiger partial charge in [-0.25, -0.2) is 4.79 Å². The van der Waals surface area contributed by atoms with Crippen LogP contribution >= 0.6 is 15.9 Å². The zero-order valence-corrected chi connectivity index (χ0v) is 12.3. The molecule has 0 aromatic heterocycles. The third kappa shape index (κ3) is 3.15. The summed E-state index contributed by atoms with van der Waals surface area (Å²) in [5.41, 5.74) is 1.19. The number of rotatable bonds is 4. The Bertz CT molecular complexity index is 515. The van der Waals surface area contributed by atoms with E-state index in [4.69, 9.17) is 5.11 Å². The van der Waals surface area contributed by atoms with E-state index < -0.39 is 5.97 Å². The first-order valence-electron chi connectivity index (χ1n) is 6.30. The number of carboxylic acids is 1. The van der Waals surface area contributed by atoms with Gasteiger partial charge in [-0.15, -0.1) is 0 Å². The molecule has 1 heterocycles. The van der Waals surface area contributed by atoms with Crippen LogP contribution in [0, 0.1) is 5.92 Å². The Kier molecular flexibility index (Phi) is 4.24. The molecule has 0 saturated carbocycles. The molecule has 1 amide bonds. The highest BCUT2D eigenvalue weighted by Gasteiger charge is 2.28. The number of hydrogen-bond acceptors (Lipinski definition) is 2. The molecule has 1 N–H and O–H groups in total. The van der Waals surface area contributed by atoms with Gasteiger partial charge in [0.25, 0.3) is 0 Å². The van der Waals surface area contributed by atoms with E-state index in [0.717, 1.165) is 23.0 Å². The molecular weight excluding hydrogens is 310 g/mol. The van der Waals surface area contributed by atoms with Crippen molar-refractivity contribution in [3.63, 3.8) is 0 Å². The smallest absolute Gasteiger partial charge is 0.335 e. The molecule has 1 aromatic rings. The van der Waals surface area contributed by atoms with Crippen molar-refractivity contribution in [1.82, 2.24) is 4.90 Å². The summed E-state index contributed by atoms with van der Waals surface area (Å²) in [7, 11) is 0. The van der Waals surface area contributed by atoms with E-state index in [1.807, 2.05) is 4.90 Å². The number of nitrogens with zero attached hydrogens (tertiary/aromatic N) is 1. The number of aromatic carboxylic acids is 1. The fraction of sp³-hybridized carbons (Fsp3) is 0.429. The van der Waals surface area contributed by atoms with Crippen molar-refractivity contribution in [1.29, 1.82) is 0 Å². The number of likely N-dealkylation sites (tertiary alicyclic amines) is 1. The monoisotopic (exact) mass is 325 g/mol. The zero-order valence-electron chi connectivity index (χ0n) is 10.7. The van der Waals surface area contributed by atoms with Crippen molar-refractivity contribution < 1.29 is 14.7 Å². The predicted octanol–water partition coefficient (Wildman–Crippen LogP) is 2.91. The molecule has 1 unspecified atom stereocenters. The van der Waals surface area contributed by atoms with Crippen LogP contribution in [-0.2, 0) is 11.3 Å². The van der Waals surface area contributed by atoms with Crippen LogP contribution in [0.2, 0.25) is 0 Å². The lowest BCUT2D eigenvalue weighted by Crippen LogP contribution is -2.24. The van der Waals surface area contributed by atoms with Gasteiger partial charge in [0.1, 0.15) is 0 Å². The normalized spacial score (nSPS) is 18.9. The minimum atomic E-state index is -0.949. The third-order valence-corrected chi connectivity index (χ3v) is 4.27. The molecule has 1 saturated heterocycles. The summed E-state index contributed by atoms with van der Waals surface area (Å²) in [5.74, 6) is -0.318. The maximum Gasteiger partial charge on any atom is 0.335 e. The summed E-state index contributed by atoms with van der Waals surface area (Å²) in [6, 6.07) is 4.91. The Morgan fingerprint density at radius 2 is 2.26 bits per heavy atom. The number of halogens is 1. The van der Waals surface area contributed by atoms with E-state index in [0.29, 0.717) is 18.9 Å². The minimum Gasteiger partial charge on any atom is -0.478 e. The summed E-state index contributed by atoms with van der Waals surface area (Å²) in [6.45, 7) is 3.43. The molecule has 0 bridgehead atoms. The molecule has 0 aliphatic carbocycles. The Labute approximate surface area is 120 Å². The van der Waals surface area contributed by atoms with Gasteiger partial charge in [-0.3, -0.25) is 4.79 Å². The molecule has 1 aromatic carbocycles. The average Bonchev–Trinajstić information content (AvgIpc) is 2.72. The van der Waals surface area contributed by atoms with Crippen LogP contribution in [0.15, 0.2) is 22.7 Å². The van der Waals surface area contributed by atoms with E-state index in [-0.39, 0.29) is 11.5 Å². The lowest BCUT2D eigenvalue weighted by Gasteiger charge is -2.17. The molecule has 1 aliphatic rings. The predicted molar refractivity (Wildman–Crippen MR) is 74.9 cm³/mol. The first-order chi connectivity index (χ1) is 9.01. The molecule has 0 radical (unpaired) electrons. The Balaban J connectivity index is 2.12. The van der Waals surface area contributed by atoms with E-state index >= 15 is 0 Å². The van der Waals surface area contributed by atoms with Gasteiger partial charge >= 0.3 is 5.97 Å². The lowest BCUT2D eigenvalue weighted by molar-refractivity contribution is -0.128. The molecule has 1 fully saturated rings. The second-order valence-electron chi connectivity index (χ2n) is 4.86. The lowest BCUT2D eigenvalue weighted by atomic mass is 10.1. The summed E-state index contributed by atoms with van der Waals surface area (Å²) in [5, 5.41) is 8.91. The van der Waals surface area contributed by atoms with Crippen LogP contribution in [-0.4, -0.2) is 28.4 Å². The van der Waals surface area contributed by atoms with Crippen molar-refractivity contribution in [2.45, 2.75) is 26.3 Å². The quantitative estimate of drug-likeness (QED) is 0.925. The number of hydrogen-bond donors (Lipinski definition) is 1. The second-order valence-corrected chi connectivity index (χ2v) is 5.72. The average molecular weight is 326 g/mol. The SMILES string of the molecule is CCC1CC(=O)N(Cc2ccc(C(=O)O)cc2Br)C1. The Morgan fingerprint density at radius 1 is 1.53 bits per heavy atom. The minimum absolute atomic E-state index is 0.182. The Hall–Kier alpha value is -1.36. The van der Waals surface area contributed by atoms with E-state index in [9.17, 15) is 9.59 Å². The van der Waals surface area contributed by atoms with Gasteiger partial charge in [-0.2, -0.15) is 0 Å². The molecule has 1 atom stereocenters. The van der Waals surface area contributed by atoms with Gasteiger partial charge in [-0.1, -0.05) is 35.3 Å². The zero-order chi connectivity index (χ0) is 14.0.